The van der Waals surface area contributed by atoms with Crippen molar-refractivity contribution in [1.29, 1.82) is 0 Å². The lowest BCUT2D eigenvalue weighted by Gasteiger charge is -2.11. The maximum Gasteiger partial charge on any atom is 0.144 e. The molecule has 2 aromatic carbocycles. The Morgan fingerprint density at radius 3 is 2.56 bits per heavy atom. The predicted octanol–water partition coefficient (Wildman–Crippen LogP) is 3.15. The third-order valence-corrected chi connectivity index (χ3v) is 2.58. The number of methoxy groups -OCH3 is 1. The van der Waals surface area contributed by atoms with E-state index >= 15 is 0 Å². The molecule has 0 amide bonds. The molecule has 2 aromatic rings. The summed E-state index contributed by atoms with van der Waals surface area (Å²) in [6.07, 6.45) is 0. The Morgan fingerprint density at radius 1 is 1.17 bits per heavy atom. The van der Waals surface area contributed by atoms with Gasteiger partial charge in [0, 0.05) is 12.6 Å². The standard InChI is InChI=1S/C14H14FNO2/c1-18-14-8-11(15)4-7-13(14)16-9-10-2-5-12(17)6-3-10/h2-8,16-17H,9H2,1H3. The van der Waals surface area contributed by atoms with Gasteiger partial charge in [-0.1, -0.05) is 12.1 Å². The second-order valence-electron chi connectivity index (χ2n) is 3.86. The third-order valence-electron chi connectivity index (χ3n) is 2.58. The van der Waals surface area contributed by atoms with Crippen LogP contribution in [0.1, 0.15) is 5.56 Å². The van der Waals surface area contributed by atoms with Crippen molar-refractivity contribution in [3.8, 4) is 11.5 Å². The molecule has 18 heavy (non-hydrogen) atoms. The van der Waals surface area contributed by atoms with Gasteiger partial charge in [-0.25, -0.2) is 4.39 Å². The van der Waals surface area contributed by atoms with Crippen LogP contribution in [0, 0.1) is 5.82 Å². The van der Waals surface area contributed by atoms with E-state index in [0.29, 0.717) is 12.3 Å². The first-order valence-corrected chi connectivity index (χ1v) is 5.54. The minimum Gasteiger partial charge on any atom is -0.508 e. The number of halogens is 1. The topological polar surface area (TPSA) is 41.5 Å². The molecule has 0 fully saturated rings. The van der Waals surface area contributed by atoms with Crippen molar-refractivity contribution in [3.05, 3.63) is 53.8 Å². The van der Waals surface area contributed by atoms with E-state index in [0.717, 1.165) is 11.3 Å². The van der Waals surface area contributed by atoms with Gasteiger partial charge >= 0.3 is 0 Å². The largest absolute Gasteiger partial charge is 0.508 e. The van der Waals surface area contributed by atoms with E-state index in [1.54, 1.807) is 18.2 Å². The molecule has 2 N–H and O–H groups in total. The first-order valence-electron chi connectivity index (χ1n) is 5.54. The number of ether oxygens (including phenoxy) is 1. The van der Waals surface area contributed by atoms with Crippen molar-refractivity contribution in [2.75, 3.05) is 12.4 Å². The lowest BCUT2D eigenvalue weighted by atomic mass is 10.2. The highest BCUT2D eigenvalue weighted by atomic mass is 19.1. The van der Waals surface area contributed by atoms with Gasteiger partial charge in [0.1, 0.15) is 17.3 Å². The van der Waals surface area contributed by atoms with E-state index < -0.39 is 0 Å². The fourth-order valence-corrected chi connectivity index (χ4v) is 1.62. The summed E-state index contributed by atoms with van der Waals surface area (Å²) < 4.78 is 18.1. The lowest BCUT2D eigenvalue weighted by molar-refractivity contribution is 0.413. The minimum absolute atomic E-state index is 0.234. The van der Waals surface area contributed by atoms with Gasteiger partial charge in [-0.05, 0) is 29.8 Å². The van der Waals surface area contributed by atoms with Crippen molar-refractivity contribution >= 4 is 5.69 Å². The van der Waals surface area contributed by atoms with Crippen LogP contribution in [0.3, 0.4) is 0 Å². The van der Waals surface area contributed by atoms with Crippen LogP contribution in [-0.4, -0.2) is 12.2 Å². The fourth-order valence-electron chi connectivity index (χ4n) is 1.62. The Hall–Kier alpha value is -2.23. The van der Waals surface area contributed by atoms with Gasteiger partial charge in [-0.2, -0.15) is 0 Å². The molecule has 3 nitrogen and oxygen atoms in total. The highest BCUT2D eigenvalue weighted by Gasteiger charge is 2.04. The Morgan fingerprint density at radius 2 is 1.89 bits per heavy atom. The molecular formula is C14H14FNO2. The molecule has 0 heterocycles. The Kier molecular flexibility index (Phi) is 3.67. The monoisotopic (exact) mass is 247 g/mol. The zero-order valence-electron chi connectivity index (χ0n) is 9.98. The molecule has 0 aromatic heterocycles. The first kappa shape index (κ1) is 12.2. The molecule has 0 bridgehead atoms. The van der Waals surface area contributed by atoms with E-state index in [1.807, 2.05) is 12.1 Å². The maximum atomic E-state index is 13.0. The summed E-state index contributed by atoms with van der Waals surface area (Å²) in [5.74, 6) is 0.369. The van der Waals surface area contributed by atoms with Crippen LogP contribution >= 0.6 is 0 Å². The SMILES string of the molecule is COc1cc(F)ccc1NCc1ccc(O)cc1. The average molecular weight is 247 g/mol. The molecule has 0 atom stereocenters. The molecule has 2 rings (SSSR count). The molecule has 94 valence electrons. The summed E-state index contributed by atoms with van der Waals surface area (Å²) in [5, 5.41) is 12.3. The number of benzene rings is 2. The average Bonchev–Trinajstić information content (AvgIpc) is 2.39. The molecule has 0 unspecified atom stereocenters. The number of phenols is 1. The second kappa shape index (κ2) is 5.40. The van der Waals surface area contributed by atoms with Crippen LogP contribution in [0.25, 0.3) is 0 Å². The van der Waals surface area contributed by atoms with Gasteiger partial charge in [-0.15, -0.1) is 0 Å². The number of rotatable bonds is 4. The summed E-state index contributed by atoms with van der Waals surface area (Å²) in [6.45, 7) is 0.572. The van der Waals surface area contributed by atoms with Gasteiger partial charge in [0.05, 0.1) is 12.8 Å². The maximum absolute atomic E-state index is 13.0. The molecule has 4 heteroatoms. The predicted molar refractivity (Wildman–Crippen MR) is 68.4 cm³/mol. The molecular weight excluding hydrogens is 233 g/mol. The van der Waals surface area contributed by atoms with Crippen molar-refractivity contribution in [2.24, 2.45) is 0 Å². The number of phenolic OH excluding ortho intramolecular Hbond substituents is 1. The third kappa shape index (κ3) is 2.91. The summed E-state index contributed by atoms with van der Waals surface area (Å²) in [6, 6.07) is 11.2. The highest BCUT2D eigenvalue weighted by molar-refractivity contribution is 5.56. The van der Waals surface area contributed by atoms with Crippen LogP contribution in [0.4, 0.5) is 10.1 Å². The summed E-state index contributed by atoms with van der Waals surface area (Å²) in [5.41, 5.74) is 1.74. The van der Waals surface area contributed by atoms with Crippen LogP contribution in [0.2, 0.25) is 0 Å². The van der Waals surface area contributed by atoms with Crippen molar-refractivity contribution < 1.29 is 14.2 Å². The number of hydrogen-bond acceptors (Lipinski definition) is 3. The zero-order valence-corrected chi connectivity index (χ0v) is 9.98. The molecule has 0 radical (unpaired) electrons. The Bertz CT molecular complexity index is 526. The second-order valence-corrected chi connectivity index (χ2v) is 3.86. The molecule has 0 aliphatic heterocycles. The first-order chi connectivity index (χ1) is 8.69. The van der Waals surface area contributed by atoms with Gasteiger partial charge < -0.3 is 15.2 Å². The van der Waals surface area contributed by atoms with E-state index in [4.69, 9.17) is 4.74 Å². The minimum atomic E-state index is -0.331. The van der Waals surface area contributed by atoms with E-state index in [9.17, 15) is 9.50 Å². The number of anilines is 1. The van der Waals surface area contributed by atoms with Crippen LogP contribution in [-0.2, 0) is 6.54 Å². The highest BCUT2D eigenvalue weighted by Crippen LogP contribution is 2.25. The fraction of sp³-hybridized carbons (Fsp3) is 0.143. The molecule has 0 saturated heterocycles. The number of aromatic hydroxyl groups is 1. The zero-order chi connectivity index (χ0) is 13.0. The van der Waals surface area contributed by atoms with Crippen molar-refractivity contribution in [3.63, 3.8) is 0 Å². The molecule has 0 spiro atoms. The van der Waals surface area contributed by atoms with Crippen molar-refractivity contribution in [1.82, 2.24) is 0 Å². The van der Waals surface area contributed by atoms with E-state index in [1.165, 1.54) is 19.2 Å². The van der Waals surface area contributed by atoms with Crippen LogP contribution < -0.4 is 10.1 Å². The van der Waals surface area contributed by atoms with Gasteiger partial charge in [0.2, 0.25) is 0 Å². The normalized spacial score (nSPS) is 10.1. The summed E-state index contributed by atoms with van der Waals surface area (Å²) in [7, 11) is 1.50. The number of hydrogen-bond donors (Lipinski definition) is 2. The smallest absolute Gasteiger partial charge is 0.144 e. The quantitative estimate of drug-likeness (QED) is 0.872. The van der Waals surface area contributed by atoms with Crippen LogP contribution in [0.15, 0.2) is 42.5 Å². The van der Waals surface area contributed by atoms with E-state index in [-0.39, 0.29) is 11.6 Å². The Labute approximate surface area is 105 Å². The van der Waals surface area contributed by atoms with Gasteiger partial charge in [0.25, 0.3) is 0 Å². The summed E-state index contributed by atoms with van der Waals surface area (Å²) >= 11 is 0. The van der Waals surface area contributed by atoms with Gasteiger partial charge in [0.15, 0.2) is 0 Å². The Balaban J connectivity index is 2.08. The van der Waals surface area contributed by atoms with E-state index in [2.05, 4.69) is 5.32 Å². The summed E-state index contributed by atoms with van der Waals surface area (Å²) in [4.78, 5) is 0. The lowest BCUT2D eigenvalue weighted by Crippen LogP contribution is -2.01. The molecule has 0 saturated carbocycles. The number of nitrogens with one attached hydrogen (secondary N) is 1. The molecule has 0 aliphatic rings. The molecule has 0 aliphatic carbocycles. The van der Waals surface area contributed by atoms with Crippen molar-refractivity contribution in [2.45, 2.75) is 6.54 Å². The van der Waals surface area contributed by atoms with Gasteiger partial charge in [-0.3, -0.25) is 0 Å². The van der Waals surface area contributed by atoms with Crippen LogP contribution in [0.5, 0.6) is 11.5 Å².